The van der Waals surface area contributed by atoms with E-state index in [2.05, 4.69) is 22.5 Å². The number of carbonyl (C=O) groups is 1. The Bertz CT molecular complexity index is 370. The van der Waals surface area contributed by atoms with Crippen molar-refractivity contribution in [2.24, 2.45) is 5.41 Å². The summed E-state index contributed by atoms with van der Waals surface area (Å²) in [7, 11) is 0. The minimum absolute atomic E-state index is 0.457. The lowest BCUT2D eigenvalue weighted by Crippen LogP contribution is -2.27. The molecular weight excluding hydrogens is 256 g/mol. The quantitative estimate of drug-likeness (QED) is 0.852. The Hall–Kier alpha value is -1.09. The summed E-state index contributed by atoms with van der Waals surface area (Å²) in [5.74, 6) is -0.847. The lowest BCUT2D eigenvalue weighted by atomic mass is 9.84. The van der Waals surface area contributed by atoms with Gasteiger partial charge in [-0.05, 0) is 31.0 Å². The molecule has 1 rings (SSSR count). The van der Waals surface area contributed by atoms with E-state index in [1.54, 1.807) is 6.92 Å². The van der Waals surface area contributed by atoms with Gasteiger partial charge < -0.3 is 5.11 Å². The van der Waals surface area contributed by atoms with Gasteiger partial charge in [0.25, 0.3) is 0 Å². The first-order chi connectivity index (χ1) is 6.98. The van der Waals surface area contributed by atoms with E-state index >= 15 is 0 Å². The summed E-state index contributed by atoms with van der Waals surface area (Å²) < 4.78 is 0.988. The third-order valence-electron chi connectivity index (χ3n) is 2.42. The van der Waals surface area contributed by atoms with Gasteiger partial charge in [0.1, 0.15) is 0 Å². The number of rotatable bonds is 4. The standard InChI is InChI=1S/C12H13BrO2/c1-3-12(2,11(14)15)8-9-4-6-10(13)7-5-9/h3-7H,1,8H2,2H3,(H,14,15). The van der Waals surface area contributed by atoms with Crippen LogP contribution in [0.1, 0.15) is 12.5 Å². The zero-order valence-corrected chi connectivity index (χ0v) is 10.1. The molecular formula is C12H13BrO2. The Labute approximate surface area is 97.8 Å². The number of hydrogen-bond acceptors (Lipinski definition) is 1. The van der Waals surface area contributed by atoms with Crippen LogP contribution in [0.5, 0.6) is 0 Å². The van der Waals surface area contributed by atoms with Crippen molar-refractivity contribution in [3.63, 3.8) is 0 Å². The fraction of sp³-hybridized carbons (Fsp3) is 0.250. The first kappa shape index (κ1) is 12.0. The molecule has 0 spiro atoms. The summed E-state index contributed by atoms with van der Waals surface area (Å²) in [6, 6.07) is 7.63. The van der Waals surface area contributed by atoms with Crippen molar-refractivity contribution in [2.45, 2.75) is 13.3 Å². The smallest absolute Gasteiger partial charge is 0.313 e. The van der Waals surface area contributed by atoms with Crippen LogP contribution in [0.25, 0.3) is 0 Å². The average Bonchev–Trinajstić information content (AvgIpc) is 2.21. The summed E-state index contributed by atoms with van der Waals surface area (Å²) >= 11 is 3.33. The van der Waals surface area contributed by atoms with E-state index in [0.717, 1.165) is 10.0 Å². The summed E-state index contributed by atoms with van der Waals surface area (Å²) in [6.07, 6.45) is 1.94. The Balaban J connectivity index is 2.89. The van der Waals surface area contributed by atoms with E-state index < -0.39 is 11.4 Å². The highest BCUT2D eigenvalue weighted by Crippen LogP contribution is 2.25. The molecule has 15 heavy (non-hydrogen) atoms. The number of hydrogen-bond donors (Lipinski definition) is 1. The second-order valence-electron chi connectivity index (χ2n) is 3.73. The SMILES string of the molecule is C=CC(C)(Cc1ccc(Br)cc1)C(=O)O. The van der Waals surface area contributed by atoms with Crippen LogP contribution < -0.4 is 0 Å². The number of halogens is 1. The highest BCUT2D eigenvalue weighted by molar-refractivity contribution is 9.10. The molecule has 0 saturated heterocycles. The van der Waals surface area contributed by atoms with Gasteiger partial charge in [-0.25, -0.2) is 0 Å². The molecule has 0 fully saturated rings. The third-order valence-corrected chi connectivity index (χ3v) is 2.95. The summed E-state index contributed by atoms with van der Waals surface area (Å²) in [5, 5.41) is 9.07. The van der Waals surface area contributed by atoms with E-state index in [4.69, 9.17) is 5.11 Å². The molecule has 0 aromatic heterocycles. The molecule has 1 atom stereocenters. The Kier molecular flexibility index (Phi) is 3.69. The van der Waals surface area contributed by atoms with Gasteiger partial charge in [0.15, 0.2) is 0 Å². The molecule has 0 saturated carbocycles. The number of carboxylic acid groups (broad SMARTS) is 1. The summed E-state index contributed by atoms with van der Waals surface area (Å²) in [5.41, 5.74) is 0.0939. The molecule has 0 amide bonds. The zero-order chi connectivity index (χ0) is 11.5. The largest absolute Gasteiger partial charge is 0.481 e. The monoisotopic (exact) mass is 268 g/mol. The predicted octanol–water partition coefficient (Wildman–Crippen LogP) is 3.27. The van der Waals surface area contributed by atoms with Crippen molar-refractivity contribution < 1.29 is 9.90 Å². The molecule has 0 aliphatic rings. The van der Waals surface area contributed by atoms with E-state index in [1.807, 2.05) is 24.3 Å². The van der Waals surface area contributed by atoms with Crippen LogP contribution in [0.15, 0.2) is 41.4 Å². The van der Waals surface area contributed by atoms with E-state index in [9.17, 15) is 4.79 Å². The molecule has 0 heterocycles. The van der Waals surface area contributed by atoms with Crippen LogP contribution in [0.4, 0.5) is 0 Å². The molecule has 1 aromatic rings. The number of aliphatic carboxylic acids is 1. The highest BCUT2D eigenvalue weighted by Gasteiger charge is 2.29. The third kappa shape index (κ3) is 2.93. The maximum atomic E-state index is 11.0. The van der Waals surface area contributed by atoms with Gasteiger partial charge in [-0.3, -0.25) is 4.79 Å². The minimum Gasteiger partial charge on any atom is -0.481 e. The van der Waals surface area contributed by atoms with Gasteiger partial charge >= 0.3 is 5.97 Å². The Morgan fingerprint density at radius 2 is 2.07 bits per heavy atom. The van der Waals surface area contributed by atoms with Crippen molar-refractivity contribution in [1.82, 2.24) is 0 Å². The van der Waals surface area contributed by atoms with E-state index in [-0.39, 0.29) is 0 Å². The topological polar surface area (TPSA) is 37.3 Å². The number of benzene rings is 1. The Morgan fingerprint density at radius 1 is 1.53 bits per heavy atom. The van der Waals surface area contributed by atoms with Crippen molar-refractivity contribution in [1.29, 1.82) is 0 Å². The molecule has 3 heteroatoms. The first-order valence-corrected chi connectivity index (χ1v) is 5.39. The van der Waals surface area contributed by atoms with Crippen LogP contribution in [0.3, 0.4) is 0 Å². The van der Waals surface area contributed by atoms with Crippen LogP contribution in [0.2, 0.25) is 0 Å². The minimum atomic E-state index is -0.895. The van der Waals surface area contributed by atoms with Crippen LogP contribution in [0, 0.1) is 5.41 Å². The molecule has 80 valence electrons. The van der Waals surface area contributed by atoms with Gasteiger partial charge in [0, 0.05) is 4.47 Å². The maximum absolute atomic E-state index is 11.0. The molecule has 1 N–H and O–H groups in total. The van der Waals surface area contributed by atoms with Crippen molar-refractivity contribution in [3.05, 3.63) is 47.0 Å². The van der Waals surface area contributed by atoms with Gasteiger partial charge in [0.05, 0.1) is 5.41 Å². The maximum Gasteiger partial charge on any atom is 0.313 e. The lowest BCUT2D eigenvalue weighted by Gasteiger charge is -2.20. The fourth-order valence-electron chi connectivity index (χ4n) is 1.26. The van der Waals surface area contributed by atoms with Crippen LogP contribution in [-0.2, 0) is 11.2 Å². The molecule has 0 aliphatic heterocycles. The van der Waals surface area contributed by atoms with Gasteiger partial charge in [0.2, 0.25) is 0 Å². The first-order valence-electron chi connectivity index (χ1n) is 4.59. The lowest BCUT2D eigenvalue weighted by molar-refractivity contribution is -0.145. The second kappa shape index (κ2) is 4.62. The second-order valence-corrected chi connectivity index (χ2v) is 4.65. The van der Waals surface area contributed by atoms with Crippen molar-refractivity contribution in [2.75, 3.05) is 0 Å². The van der Waals surface area contributed by atoms with Crippen molar-refractivity contribution in [3.8, 4) is 0 Å². The Morgan fingerprint density at radius 3 is 2.47 bits per heavy atom. The van der Waals surface area contributed by atoms with E-state index in [0.29, 0.717) is 6.42 Å². The van der Waals surface area contributed by atoms with Crippen LogP contribution in [-0.4, -0.2) is 11.1 Å². The fourth-order valence-corrected chi connectivity index (χ4v) is 1.53. The molecule has 0 radical (unpaired) electrons. The number of carboxylic acids is 1. The zero-order valence-electron chi connectivity index (χ0n) is 8.53. The van der Waals surface area contributed by atoms with E-state index in [1.165, 1.54) is 6.08 Å². The van der Waals surface area contributed by atoms with Gasteiger partial charge in [-0.2, -0.15) is 0 Å². The summed E-state index contributed by atoms with van der Waals surface area (Å²) in [6.45, 7) is 5.25. The molecule has 0 bridgehead atoms. The highest BCUT2D eigenvalue weighted by atomic mass is 79.9. The predicted molar refractivity (Wildman–Crippen MR) is 63.8 cm³/mol. The van der Waals surface area contributed by atoms with Crippen LogP contribution >= 0.6 is 15.9 Å². The normalized spacial score (nSPS) is 14.3. The molecule has 2 nitrogen and oxygen atoms in total. The van der Waals surface area contributed by atoms with Gasteiger partial charge in [-0.1, -0.05) is 34.1 Å². The van der Waals surface area contributed by atoms with Gasteiger partial charge in [-0.15, -0.1) is 6.58 Å². The summed E-state index contributed by atoms with van der Waals surface area (Å²) in [4.78, 5) is 11.0. The molecule has 0 aliphatic carbocycles. The average molecular weight is 269 g/mol. The molecule has 1 unspecified atom stereocenters. The van der Waals surface area contributed by atoms with Crippen molar-refractivity contribution >= 4 is 21.9 Å². The molecule has 1 aromatic carbocycles.